The molecule has 0 aromatic heterocycles. The first-order valence-corrected chi connectivity index (χ1v) is 13.2. The molecule has 0 saturated carbocycles. The Hall–Kier alpha value is -3.18. The van der Waals surface area contributed by atoms with Crippen LogP contribution in [0.3, 0.4) is 0 Å². The highest BCUT2D eigenvalue weighted by atomic mass is 19.1. The zero-order chi connectivity index (χ0) is 24.7. The molecule has 0 unspecified atom stereocenters. The van der Waals surface area contributed by atoms with Gasteiger partial charge in [-0.25, -0.2) is 4.39 Å². The topological polar surface area (TPSA) is 32.8 Å². The SMILES string of the molecule is O=C(CCCN1CCC(c2ccc(Cc3ccc(F)cc3)cc2)CC1)N1CCCOc2ccccc21. The maximum Gasteiger partial charge on any atom is 0.227 e. The number of rotatable bonds is 7. The predicted octanol–water partition coefficient (Wildman–Crippen LogP) is 6.19. The summed E-state index contributed by atoms with van der Waals surface area (Å²) in [4.78, 5) is 17.4. The second-order valence-electron chi connectivity index (χ2n) is 9.98. The van der Waals surface area contributed by atoms with Crippen LogP contribution in [-0.4, -0.2) is 43.6 Å². The van der Waals surface area contributed by atoms with Crippen molar-refractivity contribution in [2.45, 2.75) is 44.4 Å². The monoisotopic (exact) mass is 486 g/mol. The first-order valence-electron chi connectivity index (χ1n) is 13.2. The third-order valence-electron chi connectivity index (χ3n) is 7.47. The molecule has 188 valence electrons. The van der Waals surface area contributed by atoms with Gasteiger partial charge in [-0.1, -0.05) is 48.5 Å². The second kappa shape index (κ2) is 11.7. The molecule has 0 bridgehead atoms. The molecular weight excluding hydrogens is 451 g/mol. The van der Waals surface area contributed by atoms with Crippen molar-refractivity contribution in [1.29, 1.82) is 0 Å². The van der Waals surface area contributed by atoms with E-state index in [1.54, 1.807) is 0 Å². The fourth-order valence-electron chi connectivity index (χ4n) is 5.41. The lowest BCUT2D eigenvalue weighted by molar-refractivity contribution is -0.118. The number of amides is 1. The summed E-state index contributed by atoms with van der Waals surface area (Å²) < 4.78 is 18.9. The van der Waals surface area contributed by atoms with Crippen molar-refractivity contribution in [3.63, 3.8) is 0 Å². The minimum absolute atomic E-state index is 0.190. The zero-order valence-corrected chi connectivity index (χ0v) is 20.9. The Labute approximate surface area is 213 Å². The number of carbonyl (C=O) groups is 1. The van der Waals surface area contributed by atoms with Crippen molar-refractivity contribution in [1.82, 2.24) is 4.90 Å². The Morgan fingerprint density at radius 2 is 1.58 bits per heavy atom. The van der Waals surface area contributed by atoms with E-state index in [-0.39, 0.29) is 11.7 Å². The van der Waals surface area contributed by atoms with Crippen LogP contribution in [0.2, 0.25) is 0 Å². The Morgan fingerprint density at radius 1 is 0.889 bits per heavy atom. The second-order valence-corrected chi connectivity index (χ2v) is 9.98. The van der Waals surface area contributed by atoms with Crippen LogP contribution in [0.1, 0.15) is 54.7 Å². The van der Waals surface area contributed by atoms with Crippen LogP contribution in [-0.2, 0) is 11.2 Å². The summed E-state index contributed by atoms with van der Waals surface area (Å²) in [6.07, 6.45) is 5.46. The maximum absolute atomic E-state index is 13.1. The lowest BCUT2D eigenvalue weighted by Gasteiger charge is -2.32. The first-order chi connectivity index (χ1) is 17.7. The van der Waals surface area contributed by atoms with Gasteiger partial charge in [0.15, 0.2) is 0 Å². The number of hydrogen-bond donors (Lipinski definition) is 0. The number of halogens is 1. The third-order valence-corrected chi connectivity index (χ3v) is 7.47. The highest BCUT2D eigenvalue weighted by Crippen LogP contribution is 2.31. The summed E-state index contributed by atoms with van der Waals surface area (Å²) in [6, 6.07) is 23.6. The number of piperidine rings is 1. The Kier molecular flexibility index (Phi) is 7.97. The summed E-state index contributed by atoms with van der Waals surface area (Å²) in [7, 11) is 0. The molecule has 2 aliphatic rings. The van der Waals surface area contributed by atoms with Crippen LogP contribution in [0.4, 0.5) is 10.1 Å². The van der Waals surface area contributed by atoms with E-state index in [1.165, 1.54) is 23.3 Å². The van der Waals surface area contributed by atoms with Crippen molar-refractivity contribution >= 4 is 11.6 Å². The smallest absolute Gasteiger partial charge is 0.227 e. The van der Waals surface area contributed by atoms with Crippen LogP contribution in [0.5, 0.6) is 5.75 Å². The molecular formula is C31H35FN2O2. The number of hydrogen-bond acceptors (Lipinski definition) is 3. The van der Waals surface area contributed by atoms with Gasteiger partial charge in [0.2, 0.25) is 5.91 Å². The van der Waals surface area contributed by atoms with E-state index in [2.05, 4.69) is 29.2 Å². The van der Waals surface area contributed by atoms with E-state index in [9.17, 15) is 9.18 Å². The van der Waals surface area contributed by atoms with Gasteiger partial charge in [-0.15, -0.1) is 0 Å². The minimum atomic E-state index is -0.190. The summed E-state index contributed by atoms with van der Waals surface area (Å²) in [5.74, 6) is 1.42. The van der Waals surface area contributed by atoms with Gasteiger partial charge in [-0.05, 0) is 98.6 Å². The zero-order valence-electron chi connectivity index (χ0n) is 20.9. The number of benzene rings is 3. The normalized spacial score (nSPS) is 16.8. The summed E-state index contributed by atoms with van der Waals surface area (Å²) in [6.45, 7) is 4.52. The van der Waals surface area contributed by atoms with Crippen LogP contribution < -0.4 is 9.64 Å². The van der Waals surface area contributed by atoms with Crippen molar-refractivity contribution in [3.8, 4) is 5.75 Å². The van der Waals surface area contributed by atoms with Crippen molar-refractivity contribution in [3.05, 3.63) is 95.3 Å². The average Bonchev–Trinajstić information content (AvgIpc) is 3.14. The van der Waals surface area contributed by atoms with Gasteiger partial charge in [0.05, 0.1) is 12.3 Å². The fraction of sp³-hybridized carbons (Fsp3) is 0.387. The minimum Gasteiger partial charge on any atom is -0.491 e. The number of anilines is 1. The molecule has 0 atom stereocenters. The molecule has 1 saturated heterocycles. The van der Waals surface area contributed by atoms with Crippen LogP contribution in [0, 0.1) is 5.82 Å². The number of fused-ring (bicyclic) bond motifs is 1. The van der Waals surface area contributed by atoms with Gasteiger partial charge in [-0.3, -0.25) is 4.79 Å². The molecule has 1 fully saturated rings. The largest absolute Gasteiger partial charge is 0.491 e. The number of nitrogens with zero attached hydrogens (tertiary/aromatic N) is 2. The Balaban J connectivity index is 1.06. The first kappa shape index (κ1) is 24.5. The fourth-order valence-corrected chi connectivity index (χ4v) is 5.41. The molecule has 5 rings (SSSR count). The number of ether oxygens (including phenoxy) is 1. The van der Waals surface area contributed by atoms with Crippen molar-refractivity contribution < 1.29 is 13.9 Å². The van der Waals surface area contributed by atoms with Crippen LogP contribution >= 0.6 is 0 Å². The van der Waals surface area contributed by atoms with Crippen molar-refractivity contribution in [2.75, 3.05) is 37.7 Å². The van der Waals surface area contributed by atoms with Crippen molar-refractivity contribution in [2.24, 2.45) is 0 Å². The quantitative estimate of drug-likeness (QED) is 0.399. The Bertz CT molecular complexity index is 1140. The van der Waals surface area contributed by atoms with Gasteiger partial charge >= 0.3 is 0 Å². The van der Waals surface area contributed by atoms with E-state index in [0.717, 1.165) is 75.3 Å². The molecule has 1 amide bonds. The lowest BCUT2D eigenvalue weighted by Crippen LogP contribution is -2.35. The molecule has 2 heterocycles. The highest BCUT2D eigenvalue weighted by molar-refractivity contribution is 5.95. The summed E-state index contributed by atoms with van der Waals surface area (Å²) in [5, 5.41) is 0. The highest BCUT2D eigenvalue weighted by Gasteiger charge is 2.23. The maximum atomic E-state index is 13.1. The molecule has 0 N–H and O–H groups in total. The number of likely N-dealkylation sites (tertiary alicyclic amines) is 1. The molecule has 0 spiro atoms. The van der Waals surface area contributed by atoms with Crippen LogP contribution in [0.15, 0.2) is 72.8 Å². The molecule has 4 nitrogen and oxygen atoms in total. The van der Waals surface area contributed by atoms with E-state index < -0.39 is 0 Å². The van der Waals surface area contributed by atoms with E-state index in [1.807, 2.05) is 41.3 Å². The van der Waals surface area contributed by atoms with E-state index in [0.29, 0.717) is 18.9 Å². The molecule has 0 radical (unpaired) electrons. The molecule has 36 heavy (non-hydrogen) atoms. The predicted molar refractivity (Wildman–Crippen MR) is 142 cm³/mol. The van der Waals surface area contributed by atoms with Gasteiger partial charge in [0, 0.05) is 13.0 Å². The molecule has 3 aromatic carbocycles. The molecule has 0 aliphatic carbocycles. The summed E-state index contributed by atoms with van der Waals surface area (Å²) >= 11 is 0. The standard InChI is InChI=1S/C31H35FN2O2/c32-28-14-10-25(11-15-28)23-24-8-12-26(13-9-24)27-16-20-33(21-17-27)18-3-7-31(35)34-19-4-22-36-30-6-2-1-5-29(30)34/h1-2,5-6,8-15,27H,3-4,7,16-23H2. The van der Waals surface area contributed by atoms with Gasteiger partial charge in [-0.2, -0.15) is 0 Å². The van der Waals surface area contributed by atoms with Gasteiger partial charge in [0.25, 0.3) is 0 Å². The lowest BCUT2D eigenvalue weighted by atomic mass is 9.88. The molecule has 2 aliphatic heterocycles. The molecule has 5 heteroatoms. The van der Waals surface area contributed by atoms with E-state index >= 15 is 0 Å². The van der Waals surface area contributed by atoms with Crippen LogP contribution in [0.25, 0.3) is 0 Å². The summed E-state index contributed by atoms with van der Waals surface area (Å²) in [5.41, 5.74) is 4.70. The Morgan fingerprint density at radius 3 is 2.33 bits per heavy atom. The van der Waals surface area contributed by atoms with Gasteiger partial charge < -0.3 is 14.5 Å². The number of carbonyl (C=O) groups excluding carboxylic acids is 1. The number of para-hydroxylation sites is 2. The third kappa shape index (κ3) is 6.14. The van der Waals surface area contributed by atoms with E-state index in [4.69, 9.17) is 4.74 Å². The average molecular weight is 487 g/mol. The molecule has 3 aromatic rings. The van der Waals surface area contributed by atoms with Gasteiger partial charge in [0.1, 0.15) is 11.6 Å².